The van der Waals surface area contributed by atoms with E-state index in [1.807, 2.05) is 28.7 Å². The van der Waals surface area contributed by atoms with Gasteiger partial charge in [0, 0.05) is 62.4 Å². The van der Waals surface area contributed by atoms with E-state index < -0.39 is 0 Å². The summed E-state index contributed by atoms with van der Waals surface area (Å²) in [6.07, 6.45) is 0. The fraction of sp³-hybridized carbons (Fsp3) is 0.0492. The lowest BCUT2D eigenvalue weighted by molar-refractivity contribution is 0.660. The molecule has 9 aromatic carbocycles. The van der Waals surface area contributed by atoms with Crippen molar-refractivity contribution in [3.8, 4) is 78.4 Å². The number of hydrogen-bond acceptors (Lipinski definition) is 4. The first kappa shape index (κ1) is 38.0. The molecule has 0 aliphatic heterocycles. The van der Waals surface area contributed by atoms with Gasteiger partial charge < -0.3 is 0 Å². The molecule has 4 heteroatoms. The van der Waals surface area contributed by atoms with Crippen LogP contribution in [0.15, 0.2) is 206 Å². The largest absolute Gasteiger partial charge is 0.228 e. The highest BCUT2D eigenvalue weighted by atomic mass is 32.1. The molecule has 0 saturated carbocycles. The van der Waals surface area contributed by atoms with Crippen molar-refractivity contribution < 1.29 is 0 Å². The summed E-state index contributed by atoms with van der Waals surface area (Å²) in [6, 6.07) is 75.6. The second-order valence-electron chi connectivity index (χ2n) is 17.8. The number of aromatic nitrogens is 2. The Morgan fingerprint density at radius 2 is 0.785 bits per heavy atom. The number of thiophene rings is 2. The minimum absolute atomic E-state index is 0.108. The Hall–Kier alpha value is -7.50. The molecular weight excluding hydrogens is 825 g/mol. The van der Waals surface area contributed by atoms with Crippen LogP contribution in [0.25, 0.3) is 119 Å². The molecule has 0 atom stereocenters. The summed E-state index contributed by atoms with van der Waals surface area (Å²) in [5.41, 5.74) is 17.3. The minimum atomic E-state index is -0.108. The number of benzene rings is 9. The van der Waals surface area contributed by atoms with Gasteiger partial charge in [-0.1, -0.05) is 153 Å². The molecule has 1 aliphatic rings. The normalized spacial score (nSPS) is 12.9. The van der Waals surface area contributed by atoms with E-state index in [0.29, 0.717) is 5.82 Å². The van der Waals surface area contributed by atoms with Crippen LogP contribution in [0.2, 0.25) is 0 Å². The molecule has 0 unspecified atom stereocenters. The average molecular weight is 865 g/mol. The van der Waals surface area contributed by atoms with Gasteiger partial charge in [0.2, 0.25) is 0 Å². The van der Waals surface area contributed by atoms with Crippen molar-refractivity contribution in [2.45, 2.75) is 19.3 Å². The third kappa shape index (κ3) is 6.36. The zero-order chi connectivity index (χ0) is 43.2. The highest BCUT2D eigenvalue weighted by Gasteiger charge is 2.35. The SMILES string of the molecule is CC1(C)c2ccccc2-c2ccc(-c3cc(-c4ccc(-c5cc(-c6ccc7sc8ccccc8c7c6)cc(-c6ccc7sc8ccccc8c7c6)c5)cc4)nc(-c4ccccc4)n3)cc21. The number of rotatable bonds is 6. The first-order valence-corrected chi connectivity index (χ1v) is 23.8. The maximum absolute atomic E-state index is 5.22. The Balaban J connectivity index is 0.929. The van der Waals surface area contributed by atoms with Gasteiger partial charge >= 0.3 is 0 Å². The minimum Gasteiger partial charge on any atom is -0.228 e. The first-order valence-electron chi connectivity index (χ1n) is 22.2. The molecule has 65 heavy (non-hydrogen) atoms. The fourth-order valence-electron chi connectivity index (χ4n) is 10.1. The highest BCUT2D eigenvalue weighted by molar-refractivity contribution is 7.26. The number of fused-ring (bicyclic) bond motifs is 9. The lowest BCUT2D eigenvalue weighted by atomic mass is 9.82. The quantitative estimate of drug-likeness (QED) is 0.166. The molecular formula is C61H40N2S2. The van der Waals surface area contributed by atoms with Gasteiger partial charge in [-0.25, -0.2) is 9.97 Å². The van der Waals surface area contributed by atoms with E-state index in [1.54, 1.807) is 0 Å². The van der Waals surface area contributed by atoms with Crippen molar-refractivity contribution in [2.75, 3.05) is 0 Å². The van der Waals surface area contributed by atoms with Crippen LogP contribution in [0.3, 0.4) is 0 Å². The van der Waals surface area contributed by atoms with E-state index in [0.717, 1.165) is 33.6 Å². The zero-order valence-electron chi connectivity index (χ0n) is 35.8. The van der Waals surface area contributed by atoms with Gasteiger partial charge in [-0.15, -0.1) is 22.7 Å². The van der Waals surface area contributed by atoms with Crippen LogP contribution < -0.4 is 0 Å². The van der Waals surface area contributed by atoms with Crippen molar-refractivity contribution in [1.29, 1.82) is 0 Å². The average Bonchev–Trinajstić information content (AvgIpc) is 4.00. The van der Waals surface area contributed by atoms with Gasteiger partial charge in [0.1, 0.15) is 0 Å². The Labute approximate surface area is 385 Å². The molecule has 0 fully saturated rings. The topological polar surface area (TPSA) is 25.8 Å². The Morgan fingerprint density at radius 3 is 1.43 bits per heavy atom. The van der Waals surface area contributed by atoms with E-state index in [9.17, 15) is 0 Å². The molecule has 3 heterocycles. The molecule has 0 bridgehead atoms. The molecule has 12 aromatic rings. The summed E-state index contributed by atoms with van der Waals surface area (Å²) < 4.78 is 5.26. The molecule has 13 rings (SSSR count). The maximum Gasteiger partial charge on any atom is 0.160 e. The predicted octanol–water partition coefficient (Wildman–Crippen LogP) is 17.5. The molecule has 2 nitrogen and oxygen atoms in total. The summed E-state index contributed by atoms with van der Waals surface area (Å²) in [7, 11) is 0. The predicted molar refractivity (Wildman–Crippen MR) is 278 cm³/mol. The summed E-state index contributed by atoms with van der Waals surface area (Å²) in [6.45, 7) is 4.66. The molecule has 0 radical (unpaired) electrons. The van der Waals surface area contributed by atoms with Crippen LogP contribution in [0.5, 0.6) is 0 Å². The second-order valence-corrected chi connectivity index (χ2v) is 19.9. The maximum atomic E-state index is 5.22. The summed E-state index contributed by atoms with van der Waals surface area (Å²) in [5, 5.41) is 5.23. The van der Waals surface area contributed by atoms with E-state index in [1.165, 1.54) is 90.4 Å². The molecule has 0 N–H and O–H groups in total. The molecule has 3 aromatic heterocycles. The third-order valence-corrected chi connectivity index (χ3v) is 15.8. The van der Waals surface area contributed by atoms with E-state index >= 15 is 0 Å². The van der Waals surface area contributed by atoms with Gasteiger partial charge in [0.25, 0.3) is 0 Å². The molecule has 0 amide bonds. The third-order valence-electron chi connectivity index (χ3n) is 13.5. The van der Waals surface area contributed by atoms with Gasteiger partial charge in [-0.3, -0.25) is 0 Å². The van der Waals surface area contributed by atoms with Crippen molar-refractivity contribution >= 4 is 63.0 Å². The van der Waals surface area contributed by atoms with E-state index in [4.69, 9.17) is 9.97 Å². The Morgan fingerprint density at radius 1 is 0.308 bits per heavy atom. The number of nitrogens with zero attached hydrogens (tertiary/aromatic N) is 2. The first-order chi connectivity index (χ1) is 31.9. The van der Waals surface area contributed by atoms with Crippen LogP contribution in [-0.4, -0.2) is 9.97 Å². The van der Waals surface area contributed by atoms with E-state index in [-0.39, 0.29) is 5.41 Å². The zero-order valence-corrected chi connectivity index (χ0v) is 37.5. The van der Waals surface area contributed by atoms with Gasteiger partial charge in [-0.05, 0) is 122 Å². The number of hydrogen-bond donors (Lipinski definition) is 0. The Bertz CT molecular complexity index is 3720. The van der Waals surface area contributed by atoms with Gasteiger partial charge in [0.05, 0.1) is 11.4 Å². The monoisotopic (exact) mass is 864 g/mol. The summed E-state index contributed by atoms with van der Waals surface area (Å²) >= 11 is 3.72. The molecule has 0 spiro atoms. The smallest absolute Gasteiger partial charge is 0.160 e. The summed E-state index contributed by atoms with van der Waals surface area (Å²) in [4.78, 5) is 10.4. The van der Waals surface area contributed by atoms with Gasteiger partial charge in [-0.2, -0.15) is 0 Å². The second kappa shape index (κ2) is 14.8. The van der Waals surface area contributed by atoms with Gasteiger partial charge in [0.15, 0.2) is 5.82 Å². The van der Waals surface area contributed by atoms with Crippen LogP contribution in [0, 0.1) is 0 Å². The van der Waals surface area contributed by atoms with Crippen molar-refractivity contribution in [3.05, 3.63) is 217 Å². The summed E-state index contributed by atoms with van der Waals surface area (Å²) in [5.74, 6) is 0.716. The fourth-order valence-corrected chi connectivity index (χ4v) is 12.3. The molecule has 1 aliphatic carbocycles. The van der Waals surface area contributed by atoms with E-state index in [2.05, 4.69) is 214 Å². The standard InChI is InChI=1S/C61H40N2S2/c1-61(2)52-17-9-6-14-46(52)47-27-24-42(35-53(47)61)55-36-54(62-60(63-55)39-12-4-3-5-13-39)38-22-20-37(21-23-38)43-30-44(40-25-28-58-50(33-40)48-15-7-10-18-56(48)64-58)32-45(31-43)41-26-29-59-51(34-41)49-16-8-11-19-57(49)65-59/h3-36H,1-2H3. The Kier molecular flexibility index (Phi) is 8.64. The highest BCUT2D eigenvalue weighted by Crippen LogP contribution is 2.50. The van der Waals surface area contributed by atoms with Crippen LogP contribution in [0.1, 0.15) is 25.0 Å². The van der Waals surface area contributed by atoms with Crippen LogP contribution in [-0.2, 0) is 5.41 Å². The van der Waals surface area contributed by atoms with Crippen molar-refractivity contribution in [1.82, 2.24) is 9.97 Å². The molecule has 0 saturated heterocycles. The lowest BCUT2D eigenvalue weighted by Gasteiger charge is -2.22. The molecule has 306 valence electrons. The van der Waals surface area contributed by atoms with Crippen molar-refractivity contribution in [3.63, 3.8) is 0 Å². The van der Waals surface area contributed by atoms with Crippen LogP contribution >= 0.6 is 22.7 Å². The van der Waals surface area contributed by atoms with Crippen molar-refractivity contribution in [2.24, 2.45) is 0 Å². The van der Waals surface area contributed by atoms with Crippen LogP contribution in [0.4, 0.5) is 0 Å². The lowest BCUT2D eigenvalue weighted by Crippen LogP contribution is -2.14.